The molecule has 0 aliphatic heterocycles. The normalized spacial score (nSPS) is 13.6. The van der Waals surface area contributed by atoms with E-state index >= 15 is 0 Å². The van der Waals surface area contributed by atoms with E-state index in [9.17, 15) is 102 Å². The number of carboxylic acids is 6. The predicted octanol–water partition coefficient (Wildman–Crippen LogP) is -6.08. The number of carbonyl (C=O) groups is 16. The third kappa shape index (κ3) is 26.6. The first-order chi connectivity index (χ1) is 39.0. The number of carboxylic acid groups (broad SMARTS) is 6. The van der Waals surface area contributed by atoms with Crippen molar-refractivity contribution in [1.29, 1.82) is 0 Å². The topological polar surface area (TPSA) is 527 Å². The number of amides is 10. The first-order valence-electron chi connectivity index (χ1n) is 25.0. The zero-order chi connectivity index (χ0) is 62.5. The Balaban J connectivity index is 2.23. The van der Waals surface area contributed by atoms with Gasteiger partial charge >= 0.3 is 35.8 Å². The van der Waals surface area contributed by atoms with Crippen LogP contribution in [0.5, 0.6) is 0 Å². The molecule has 0 aliphatic rings. The van der Waals surface area contributed by atoms with Gasteiger partial charge in [-0.25, -0.2) is 4.79 Å². The zero-order valence-electron chi connectivity index (χ0n) is 44.8. The maximum absolute atomic E-state index is 14.2. The van der Waals surface area contributed by atoms with Crippen LogP contribution in [0, 0.1) is 5.92 Å². The lowest BCUT2D eigenvalue weighted by Gasteiger charge is -2.27. The summed E-state index contributed by atoms with van der Waals surface area (Å²) in [6.45, 7) is 0.277. The molecule has 0 spiro atoms. The van der Waals surface area contributed by atoms with Crippen LogP contribution < -0.4 is 58.5 Å². The molecule has 8 atom stereocenters. The summed E-state index contributed by atoms with van der Waals surface area (Å²) in [6.07, 6.45) is -5.99. The minimum Gasteiger partial charge on any atom is -0.481 e. The summed E-state index contributed by atoms with van der Waals surface area (Å²) < 4.78 is 0. The average Bonchev–Trinajstić information content (AvgIpc) is 3.55. The molecular formula is C50H65N11O22. The summed E-state index contributed by atoms with van der Waals surface area (Å²) >= 11 is 0. The Morgan fingerprint density at radius 2 is 0.639 bits per heavy atom. The lowest BCUT2D eigenvalue weighted by molar-refractivity contribution is -0.144. The SMILES string of the molecule is CNC(CC(=O)O)C(=O)NC(CC(=O)O)C(=O)NCC(=O)NCC(=O)NCC(=O)NC(CC(=O)O)C(=O)NC(CC(=O)O)C(=O)NC(CC(=O)O)C(=O)NC(Cc1ccccc1)C(=O)NC(Cc1ccccc1)C(=O)NC(C(=O)O)C(C)C. The lowest BCUT2D eigenvalue weighted by atomic mass is 10.0. The molecule has 17 N–H and O–H groups in total. The van der Waals surface area contributed by atoms with Gasteiger partial charge in [-0.3, -0.25) is 71.9 Å². The Labute approximate surface area is 471 Å². The van der Waals surface area contributed by atoms with E-state index in [1.807, 2.05) is 31.9 Å². The van der Waals surface area contributed by atoms with Gasteiger partial charge in [-0.1, -0.05) is 74.5 Å². The van der Waals surface area contributed by atoms with Crippen molar-refractivity contribution in [2.45, 2.75) is 107 Å². The quantitative estimate of drug-likeness (QED) is 0.0299. The minimum absolute atomic E-state index is 0.183. The van der Waals surface area contributed by atoms with Gasteiger partial charge in [0.2, 0.25) is 59.1 Å². The molecule has 0 aliphatic carbocycles. The Hall–Kier alpha value is -10.1. The monoisotopic (exact) mass is 1170 g/mol. The molecule has 0 fully saturated rings. The van der Waals surface area contributed by atoms with Crippen LogP contribution in [0.1, 0.15) is 57.1 Å². The van der Waals surface area contributed by atoms with Gasteiger partial charge in [0.05, 0.1) is 57.8 Å². The van der Waals surface area contributed by atoms with Crippen molar-refractivity contribution in [2.75, 3.05) is 26.7 Å². The first-order valence-corrected chi connectivity index (χ1v) is 25.0. The van der Waals surface area contributed by atoms with Gasteiger partial charge in [-0.15, -0.1) is 0 Å². The molecule has 0 saturated heterocycles. The number of rotatable bonds is 37. The smallest absolute Gasteiger partial charge is 0.326 e. The van der Waals surface area contributed by atoms with Gasteiger partial charge < -0.3 is 89.1 Å². The Morgan fingerprint density at radius 3 is 0.988 bits per heavy atom. The van der Waals surface area contributed by atoms with E-state index in [4.69, 9.17) is 5.11 Å². The number of nitrogens with one attached hydrogen (secondary N) is 11. The molecule has 0 saturated carbocycles. The highest BCUT2D eigenvalue weighted by Crippen LogP contribution is 2.11. The fourth-order valence-electron chi connectivity index (χ4n) is 7.30. The van der Waals surface area contributed by atoms with Gasteiger partial charge in [0.25, 0.3) is 0 Å². The Kier molecular flexibility index (Phi) is 29.0. The Morgan fingerprint density at radius 1 is 0.349 bits per heavy atom. The van der Waals surface area contributed by atoms with Crippen LogP contribution in [0.25, 0.3) is 0 Å². The van der Waals surface area contributed by atoms with Crippen molar-refractivity contribution in [3.8, 4) is 0 Å². The molecule has 33 nitrogen and oxygen atoms in total. The van der Waals surface area contributed by atoms with Crippen LogP contribution in [-0.2, 0) is 89.6 Å². The second kappa shape index (κ2) is 34.8. The van der Waals surface area contributed by atoms with Crippen LogP contribution in [0.2, 0.25) is 0 Å². The molecule has 8 unspecified atom stereocenters. The average molecular weight is 1170 g/mol. The molecule has 0 heterocycles. The molecule has 0 radical (unpaired) electrons. The molecule has 0 bridgehead atoms. The minimum atomic E-state index is -2.23. The van der Waals surface area contributed by atoms with Crippen LogP contribution >= 0.6 is 0 Å². The number of carbonyl (C=O) groups excluding carboxylic acids is 10. The molecule has 33 heteroatoms. The summed E-state index contributed by atoms with van der Waals surface area (Å²) in [5.74, 6) is -22.2. The van der Waals surface area contributed by atoms with E-state index in [2.05, 4.69) is 26.6 Å². The second-order valence-corrected chi connectivity index (χ2v) is 18.5. The van der Waals surface area contributed by atoms with Crippen LogP contribution in [0.4, 0.5) is 0 Å². The van der Waals surface area contributed by atoms with Gasteiger partial charge in [-0.2, -0.15) is 0 Å². The van der Waals surface area contributed by atoms with E-state index in [0.717, 1.165) is 0 Å². The van der Waals surface area contributed by atoms with Crippen molar-refractivity contribution in [3.63, 3.8) is 0 Å². The molecular weight excluding hydrogens is 1110 g/mol. The molecule has 2 rings (SSSR count). The van der Waals surface area contributed by atoms with Gasteiger partial charge in [0.15, 0.2) is 0 Å². The van der Waals surface area contributed by atoms with Crippen molar-refractivity contribution in [3.05, 3.63) is 71.8 Å². The van der Waals surface area contributed by atoms with E-state index in [1.165, 1.54) is 20.9 Å². The first kappa shape index (κ1) is 69.0. The van der Waals surface area contributed by atoms with Crippen LogP contribution in [0.3, 0.4) is 0 Å². The summed E-state index contributed by atoms with van der Waals surface area (Å²) in [7, 11) is 1.23. The second-order valence-electron chi connectivity index (χ2n) is 18.5. The fourth-order valence-corrected chi connectivity index (χ4v) is 7.30. The van der Waals surface area contributed by atoms with E-state index in [-0.39, 0.29) is 12.8 Å². The van der Waals surface area contributed by atoms with Gasteiger partial charge in [-0.05, 0) is 24.1 Å². The van der Waals surface area contributed by atoms with Gasteiger partial charge in [0.1, 0.15) is 42.3 Å². The number of hydrogen-bond donors (Lipinski definition) is 17. The highest BCUT2D eigenvalue weighted by atomic mass is 16.4. The summed E-state index contributed by atoms with van der Waals surface area (Å²) in [4.78, 5) is 202. The maximum Gasteiger partial charge on any atom is 0.326 e. The molecule has 0 aromatic heterocycles. The summed E-state index contributed by atoms with van der Waals surface area (Å²) in [6, 6.07) is 1.94. The molecule has 10 amide bonds. The standard InChI is InChI=1S/C50H65N11O22/c1-24(2)42(50(82)83)61-49(81)29(15-26-12-8-5-9-13-26)57-45(77)28(14-25-10-6-4-7-11-25)56-47(79)32(19-40(71)72)60-48(80)33(20-41(73)74)59-46(78)31(18-39(69)70)55-36(64)23-53-34(62)21-52-35(63)22-54-43(75)30(17-38(67)68)58-44(76)27(51-3)16-37(65)66/h4-13,24,27-33,42,51H,14-23H2,1-3H3,(H,52,63)(H,53,62)(H,54,75)(H,55,64)(H,56,79)(H,57,77)(H,58,76)(H,59,78)(H,60,80)(H,61,81)(H,65,66)(H,67,68)(H,69,70)(H,71,72)(H,73,74)(H,82,83). The largest absolute Gasteiger partial charge is 0.481 e. The molecule has 2 aromatic carbocycles. The third-order valence-corrected chi connectivity index (χ3v) is 11.5. The maximum atomic E-state index is 14.2. The summed E-state index contributed by atoms with van der Waals surface area (Å²) in [5, 5.41) is 80.5. The van der Waals surface area contributed by atoms with Crippen molar-refractivity contribution in [1.82, 2.24) is 58.5 Å². The summed E-state index contributed by atoms with van der Waals surface area (Å²) in [5.41, 5.74) is 0.939. The fraction of sp³-hybridized carbons (Fsp3) is 0.440. The number of likely N-dealkylation sites (N-methyl/N-ethyl adjacent to an activating group) is 1. The number of aliphatic carboxylic acids is 6. The van der Waals surface area contributed by atoms with Gasteiger partial charge in [0, 0.05) is 12.8 Å². The number of hydrogen-bond acceptors (Lipinski definition) is 17. The molecule has 83 heavy (non-hydrogen) atoms. The third-order valence-electron chi connectivity index (χ3n) is 11.5. The zero-order valence-corrected chi connectivity index (χ0v) is 44.8. The van der Waals surface area contributed by atoms with E-state index in [1.54, 1.807) is 60.7 Å². The van der Waals surface area contributed by atoms with Crippen molar-refractivity contribution in [2.24, 2.45) is 5.92 Å². The van der Waals surface area contributed by atoms with Crippen molar-refractivity contribution < 1.29 is 107 Å². The van der Waals surface area contributed by atoms with E-state index < -0.39 is 201 Å². The lowest BCUT2D eigenvalue weighted by Crippen LogP contribution is -2.60. The Bertz CT molecular complexity index is 2710. The van der Waals surface area contributed by atoms with E-state index in [0.29, 0.717) is 11.1 Å². The highest BCUT2D eigenvalue weighted by Gasteiger charge is 2.36. The highest BCUT2D eigenvalue weighted by molar-refractivity contribution is 6.00. The van der Waals surface area contributed by atoms with Crippen molar-refractivity contribution >= 4 is 94.9 Å². The number of benzene rings is 2. The molecule has 2 aromatic rings. The predicted molar refractivity (Wildman–Crippen MR) is 279 cm³/mol. The molecule has 452 valence electrons. The van der Waals surface area contributed by atoms with Crippen LogP contribution in [-0.4, -0.2) is 201 Å². The van der Waals surface area contributed by atoms with Crippen LogP contribution in [0.15, 0.2) is 60.7 Å².